The number of esters is 6. The second kappa shape index (κ2) is 18.0. The summed E-state index contributed by atoms with van der Waals surface area (Å²) in [5, 5.41) is 0. The van der Waals surface area contributed by atoms with Gasteiger partial charge in [-0.25, -0.2) is 9.59 Å². The van der Waals surface area contributed by atoms with Gasteiger partial charge in [-0.1, -0.05) is 20.8 Å². The summed E-state index contributed by atoms with van der Waals surface area (Å²) in [6.07, 6.45) is 4.78. The van der Waals surface area contributed by atoms with Gasteiger partial charge in [-0.2, -0.15) is 0 Å². The second-order valence-corrected chi connectivity index (χ2v) is 19.5. The van der Waals surface area contributed by atoms with E-state index in [4.69, 9.17) is 37.9 Å². The lowest BCUT2D eigenvalue weighted by Crippen LogP contribution is -2.40. The van der Waals surface area contributed by atoms with E-state index in [-0.39, 0.29) is 41.3 Å². The Bertz CT molecular complexity index is 1580. The van der Waals surface area contributed by atoms with Gasteiger partial charge < -0.3 is 42.6 Å². The van der Waals surface area contributed by atoms with Crippen molar-refractivity contribution in [2.45, 2.75) is 183 Å². The number of ether oxygens (including phenoxy) is 9. The molecule has 334 valence electrons. The molecule has 0 radical (unpaired) electrons. The molecule has 5 saturated heterocycles. The van der Waals surface area contributed by atoms with Crippen molar-refractivity contribution in [1.82, 2.24) is 0 Å². The van der Waals surface area contributed by atoms with E-state index in [2.05, 4.69) is 4.74 Å². The Hall–Kier alpha value is -3.30. The fourth-order valence-electron chi connectivity index (χ4n) is 8.86. The van der Waals surface area contributed by atoms with E-state index in [1.165, 1.54) is 26.4 Å². The topological polar surface area (TPSA) is 185 Å². The number of rotatable bonds is 8. The molecule has 0 spiro atoms. The van der Waals surface area contributed by atoms with Crippen LogP contribution in [-0.2, 0) is 71.4 Å². The van der Waals surface area contributed by atoms with E-state index in [9.17, 15) is 28.8 Å². The minimum Gasteiger partial charge on any atom is -0.469 e. The van der Waals surface area contributed by atoms with Crippen LogP contribution in [-0.4, -0.2) is 98.2 Å². The zero-order valence-corrected chi connectivity index (χ0v) is 37.1. The monoisotopic (exact) mass is 836 g/mol. The van der Waals surface area contributed by atoms with Gasteiger partial charge in [0.15, 0.2) is 24.3 Å². The smallest absolute Gasteiger partial charge is 0.350 e. The molecule has 8 fully saturated rings. The average Bonchev–Trinajstić information content (AvgIpc) is 4.07. The Labute approximate surface area is 348 Å². The molecule has 0 N–H and O–H groups in total. The lowest BCUT2D eigenvalue weighted by Gasteiger charge is -2.24. The van der Waals surface area contributed by atoms with E-state index in [0.717, 1.165) is 38.2 Å². The van der Waals surface area contributed by atoms with E-state index in [1.807, 2.05) is 48.5 Å². The summed E-state index contributed by atoms with van der Waals surface area (Å²) in [5.41, 5.74) is -1.51. The third kappa shape index (κ3) is 9.93. The number of hydrogen-bond donors (Lipinski definition) is 0. The van der Waals surface area contributed by atoms with Crippen LogP contribution in [0.2, 0.25) is 0 Å². The third-order valence-corrected chi connectivity index (χ3v) is 13.9. The molecule has 5 heterocycles. The van der Waals surface area contributed by atoms with Gasteiger partial charge in [-0.15, -0.1) is 0 Å². The van der Waals surface area contributed by atoms with Crippen molar-refractivity contribution in [2.75, 3.05) is 13.7 Å². The molecule has 0 aromatic heterocycles. The van der Waals surface area contributed by atoms with Gasteiger partial charge in [0.05, 0.1) is 35.9 Å². The van der Waals surface area contributed by atoms with Crippen LogP contribution >= 0.6 is 0 Å². The van der Waals surface area contributed by atoms with Crippen molar-refractivity contribution in [3.63, 3.8) is 0 Å². The Morgan fingerprint density at radius 3 is 1.78 bits per heavy atom. The number of carbonyl (C=O) groups excluding carboxylic acids is 6. The van der Waals surface area contributed by atoms with Crippen LogP contribution in [0.4, 0.5) is 0 Å². The maximum absolute atomic E-state index is 12.2. The van der Waals surface area contributed by atoms with Gasteiger partial charge in [0, 0.05) is 11.8 Å². The Morgan fingerprint density at radius 1 is 0.661 bits per heavy atom. The van der Waals surface area contributed by atoms with Crippen LogP contribution in [0, 0.1) is 45.8 Å². The molecule has 5 aliphatic heterocycles. The number of carbonyl (C=O) groups is 6. The molecule has 0 aromatic carbocycles. The van der Waals surface area contributed by atoms with E-state index < -0.39 is 65.4 Å². The second-order valence-electron chi connectivity index (χ2n) is 19.5. The van der Waals surface area contributed by atoms with Crippen molar-refractivity contribution in [2.24, 2.45) is 45.8 Å². The molecule has 8 aliphatic rings. The van der Waals surface area contributed by atoms with Crippen LogP contribution in [0.15, 0.2) is 0 Å². The van der Waals surface area contributed by atoms with Crippen LogP contribution in [0.25, 0.3) is 0 Å². The van der Waals surface area contributed by atoms with Crippen molar-refractivity contribution < 1.29 is 71.4 Å². The highest BCUT2D eigenvalue weighted by Gasteiger charge is 2.64. The molecule has 59 heavy (non-hydrogen) atoms. The number of cyclic esters (lactones) is 1. The number of methoxy groups -OCH3 is 1. The van der Waals surface area contributed by atoms with Crippen LogP contribution < -0.4 is 0 Å². The van der Waals surface area contributed by atoms with E-state index in [1.54, 1.807) is 27.7 Å². The van der Waals surface area contributed by atoms with Gasteiger partial charge in [0.1, 0.15) is 12.2 Å². The van der Waals surface area contributed by atoms with Gasteiger partial charge in [-0.3, -0.25) is 19.2 Å². The standard InChI is InChI=1S/C15H22O7.C13H20O4.C9H12O2.C7H14O2/c1-6-14(2,3)13(17)20-9-7-8(18-11(9)16)10-12(19-7)22-15(4,5)21-10;1-4-13(2,3)12(15)17-10-8-6-5-7-9(8)16-11(10)14;10-9-8-6-2-1-5(3-6)7(8)4-11-9;1-5-7(2,3)6(8)9-4/h7-10,12H,6H2,1-5H3;8-10H,4-7H2,1-3H3;5-8H,1-4H2;5H2,1-4H3. The molecule has 15 heteroatoms. The molecule has 12 atom stereocenters. The van der Waals surface area contributed by atoms with Crippen LogP contribution in [0.5, 0.6) is 0 Å². The van der Waals surface area contributed by atoms with Gasteiger partial charge in [0.25, 0.3) is 0 Å². The number of fused-ring (bicyclic) bond motifs is 9. The molecule has 0 amide bonds. The molecular weight excluding hydrogens is 768 g/mol. The summed E-state index contributed by atoms with van der Waals surface area (Å²) in [7, 11) is 1.42. The summed E-state index contributed by atoms with van der Waals surface area (Å²) in [4.78, 5) is 69.9. The molecule has 0 aromatic rings. The minimum absolute atomic E-state index is 0.0231. The fraction of sp³-hybridized carbons (Fsp3) is 0.864. The van der Waals surface area contributed by atoms with Crippen LogP contribution in [0.1, 0.15) is 134 Å². The van der Waals surface area contributed by atoms with E-state index in [0.29, 0.717) is 30.6 Å². The largest absolute Gasteiger partial charge is 0.469 e. The predicted molar refractivity (Wildman–Crippen MR) is 209 cm³/mol. The summed E-state index contributed by atoms with van der Waals surface area (Å²) < 4.78 is 47.9. The van der Waals surface area contributed by atoms with E-state index >= 15 is 0 Å². The molecule has 3 aliphatic carbocycles. The highest BCUT2D eigenvalue weighted by Crippen LogP contribution is 2.55. The Balaban J connectivity index is 0.000000158. The first kappa shape index (κ1) is 46.8. The lowest BCUT2D eigenvalue weighted by atomic mass is 9.81. The maximum atomic E-state index is 12.2. The molecular formula is C44H68O15. The SMILES string of the molecule is CCC(C)(C)C(=O)OC.CCC(C)(C)C(=O)OC1C(=O)OC2C3OC(C)(C)OC3OC12.CCC(C)(C)C(=O)OC1C(=O)OC2CCCC21.O=C1OCC2C3CCC(C3)C12. The summed E-state index contributed by atoms with van der Waals surface area (Å²) in [5.74, 6) is 0.0146. The minimum atomic E-state index is -1.07. The maximum Gasteiger partial charge on any atom is 0.350 e. The van der Waals surface area contributed by atoms with Gasteiger partial charge in [0.2, 0.25) is 12.2 Å². The molecule has 3 saturated carbocycles. The highest BCUT2D eigenvalue weighted by atomic mass is 16.9. The van der Waals surface area contributed by atoms with Gasteiger partial charge in [-0.05, 0) is 125 Å². The van der Waals surface area contributed by atoms with Crippen molar-refractivity contribution >= 4 is 35.8 Å². The van der Waals surface area contributed by atoms with Crippen molar-refractivity contribution in [3.8, 4) is 0 Å². The lowest BCUT2D eigenvalue weighted by molar-refractivity contribution is -0.217. The Morgan fingerprint density at radius 2 is 1.22 bits per heavy atom. The zero-order valence-electron chi connectivity index (χ0n) is 37.1. The zero-order chi connectivity index (χ0) is 43.8. The molecule has 15 nitrogen and oxygen atoms in total. The predicted octanol–water partition coefficient (Wildman–Crippen LogP) is 6.00. The first-order valence-electron chi connectivity index (χ1n) is 21.6. The normalized spacial score (nSPS) is 35.5. The third-order valence-electron chi connectivity index (χ3n) is 13.9. The van der Waals surface area contributed by atoms with Crippen LogP contribution in [0.3, 0.4) is 0 Å². The number of hydrogen-bond acceptors (Lipinski definition) is 15. The first-order valence-corrected chi connectivity index (χ1v) is 21.6. The molecule has 2 bridgehead atoms. The molecule has 8 rings (SSSR count). The van der Waals surface area contributed by atoms with Crippen molar-refractivity contribution in [1.29, 1.82) is 0 Å². The highest BCUT2D eigenvalue weighted by molar-refractivity contribution is 5.84. The summed E-state index contributed by atoms with van der Waals surface area (Å²) in [6, 6.07) is 0. The Kier molecular flexibility index (Phi) is 14.2. The molecule has 12 unspecified atom stereocenters. The van der Waals surface area contributed by atoms with Gasteiger partial charge >= 0.3 is 35.8 Å². The fourth-order valence-corrected chi connectivity index (χ4v) is 8.86. The summed E-state index contributed by atoms with van der Waals surface area (Å²) in [6.45, 7) is 21.0. The first-order chi connectivity index (χ1) is 27.5. The quantitative estimate of drug-likeness (QED) is 0.205. The van der Waals surface area contributed by atoms with Crippen molar-refractivity contribution in [3.05, 3.63) is 0 Å². The average molecular weight is 837 g/mol. The summed E-state index contributed by atoms with van der Waals surface area (Å²) >= 11 is 0.